The maximum absolute atomic E-state index is 10.5. The van der Waals surface area contributed by atoms with Crippen LogP contribution >= 0.6 is 0 Å². The summed E-state index contributed by atoms with van der Waals surface area (Å²) in [7, 11) is -2.47. The van der Waals surface area contributed by atoms with Crippen molar-refractivity contribution in [2.24, 2.45) is 0 Å². The van der Waals surface area contributed by atoms with Gasteiger partial charge in [-0.1, -0.05) is 17.7 Å². The van der Waals surface area contributed by atoms with Crippen LogP contribution in [0.3, 0.4) is 0 Å². The molecule has 0 aliphatic rings. The summed E-state index contributed by atoms with van der Waals surface area (Å²) in [4.78, 5) is -0.0666. The molecule has 0 bridgehead atoms. The zero-order valence-corrected chi connectivity index (χ0v) is 16.2. The molecule has 0 aliphatic carbocycles. The Morgan fingerprint density at radius 3 is 1.72 bits per heavy atom. The quantitative estimate of drug-likeness (QED) is 0.522. The molecule has 0 radical (unpaired) electrons. The van der Waals surface area contributed by atoms with Crippen LogP contribution in [0.1, 0.15) is 33.3 Å². The molecule has 0 aromatic heterocycles. The van der Waals surface area contributed by atoms with E-state index in [1.807, 2.05) is 6.92 Å². The maximum atomic E-state index is 10.5. The summed E-state index contributed by atoms with van der Waals surface area (Å²) in [5, 5.41) is 8.90. The first-order valence-corrected chi connectivity index (χ1v) is 9.11. The van der Waals surface area contributed by atoms with E-state index < -0.39 is 29.0 Å². The van der Waals surface area contributed by atoms with Gasteiger partial charge in [-0.2, -0.15) is 8.42 Å². The van der Waals surface area contributed by atoms with E-state index in [2.05, 4.69) is 0 Å². The Labute approximate surface area is 149 Å². The third-order valence-corrected chi connectivity index (χ3v) is 3.67. The first-order valence-electron chi connectivity index (χ1n) is 7.67. The number of benzene rings is 1. The largest absolute Gasteiger partial charge is 0.368 e. The van der Waals surface area contributed by atoms with Gasteiger partial charge in [-0.15, -0.1) is 0 Å². The van der Waals surface area contributed by atoms with Gasteiger partial charge in [0.25, 0.3) is 10.1 Å². The van der Waals surface area contributed by atoms with Crippen LogP contribution in [0.2, 0.25) is 0 Å². The number of aryl methyl sites for hydroxylation is 1. The number of hydrogen-bond acceptors (Lipinski definition) is 7. The highest BCUT2D eigenvalue weighted by molar-refractivity contribution is 7.85. The van der Waals surface area contributed by atoms with Crippen LogP contribution in [0.4, 0.5) is 0 Å². The van der Waals surface area contributed by atoms with Crippen LogP contribution in [0.15, 0.2) is 29.2 Å². The second kappa shape index (κ2) is 11.5. The minimum Gasteiger partial charge on any atom is -0.368 e. The Bertz CT molecular complexity index is 570. The molecule has 25 heavy (non-hydrogen) atoms. The summed E-state index contributed by atoms with van der Waals surface area (Å²) >= 11 is 0. The molecule has 0 fully saturated rings. The van der Waals surface area contributed by atoms with Crippen molar-refractivity contribution in [2.75, 3.05) is 7.11 Å². The van der Waals surface area contributed by atoms with Crippen molar-refractivity contribution in [3.05, 3.63) is 29.8 Å². The molecular formula is C16H28O8S. The summed E-state index contributed by atoms with van der Waals surface area (Å²) in [6, 6.07) is 5.99. The average Bonchev–Trinajstić information content (AvgIpc) is 2.46. The Balaban J connectivity index is 0.000000472. The van der Waals surface area contributed by atoms with Gasteiger partial charge in [0.05, 0.1) is 4.90 Å². The zero-order valence-electron chi connectivity index (χ0n) is 15.4. The van der Waals surface area contributed by atoms with Gasteiger partial charge in [-0.3, -0.25) is 4.55 Å². The molecule has 0 saturated carbocycles. The molecule has 1 aromatic rings. The van der Waals surface area contributed by atoms with Crippen LogP contribution in [0.25, 0.3) is 0 Å². The molecular weight excluding hydrogens is 352 g/mol. The van der Waals surface area contributed by atoms with Crippen molar-refractivity contribution >= 4 is 10.1 Å². The summed E-state index contributed by atoms with van der Waals surface area (Å²) in [5.74, 6) is 0. The molecule has 1 aromatic carbocycles. The summed E-state index contributed by atoms with van der Waals surface area (Å²) < 4.78 is 49.9. The lowest BCUT2D eigenvalue weighted by Crippen LogP contribution is -2.28. The second-order valence-corrected chi connectivity index (χ2v) is 6.66. The summed E-state index contributed by atoms with van der Waals surface area (Å²) in [6.45, 7) is 8.54. The van der Waals surface area contributed by atoms with Gasteiger partial charge in [0.1, 0.15) is 0 Å². The predicted molar refractivity (Wildman–Crippen MR) is 91.3 cm³/mol. The maximum Gasteiger partial charge on any atom is 0.294 e. The van der Waals surface area contributed by atoms with Gasteiger partial charge >= 0.3 is 0 Å². The number of hydrogen-bond donors (Lipinski definition) is 2. The van der Waals surface area contributed by atoms with E-state index in [-0.39, 0.29) is 11.2 Å². The first kappa shape index (κ1) is 23.9. The van der Waals surface area contributed by atoms with E-state index in [4.69, 9.17) is 28.6 Å². The lowest BCUT2D eigenvalue weighted by molar-refractivity contribution is -0.297. The van der Waals surface area contributed by atoms with Gasteiger partial charge in [0.2, 0.25) is 0 Å². The lowest BCUT2D eigenvalue weighted by Gasteiger charge is -2.22. The average molecular weight is 380 g/mol. The van der Waals surface area contributed by atoms with Crippen LogP contribution in [-0.4, -0.2) is 50.3 Å². The van der Waals surface area contributed by atoms with Gasteiger partial charge < -0.3 is 24.1 Å². The van der Waals surface area contributed by atoms with Crippen molar-refractivity contribution in [1.29, 1.82) is 0 Å². The fraction of sp³-hybridized carbons (Fsp3) is 0.625. The molecule has 4 unspecified atom stereocenters. The van der Waals surface area contributed by atoms with Crippen molar-refractivity contribution < 1.29 is 37.0 Å². The lowest BCUT2D eigenvalue weighted by atomic mass is 10.2. The highest BCUT2D eigenvalue weighted by Gasteiger charge is 2.13. The molecule has 0 saturated heterocycles. The van der Waals surface area contributed by atoms with E-state index in [0.29, 0.717) is 0 Å². The van der Waals surface area contributed by atoms with Gasteiger partial charge in [0.15, 0.2) is 25.2 Å². The van der Waals surface area contributed by atoms with Crippen LogP contribution in [0.5, 0.6) is 0 Å². The van der Waals surface area contributed by atoms with Crippen LogP contribution in [0, 0.1) is 6.92 Å². The van der Waals surface area contributed by atoms with Crippen LogP contribution < -0.4 is 0 Å². The molecule has 2 N–H and O–H groups in total. The number of methoxy groups -OCH3 is 1. The van der Waals surface area contributed by atoms with E-state index in [1.165, 1.54) is 19.1 Å². The molecule has 1 rings (SSSR count). The van der Waals surface area contributed by atoms with E-state index in [1.54, 1.807) is 40.0 Å². The topological polar surface area (TPSA) is 112 Å². The van der Waals surface area contributed by atoms with Crippen LogP contribution in [-0.2, 0) is 29.1 Å². The molecule has 146 valence electrons. The predicted octanol–water partition coefficient (Wildman–Crippen LogP) is 2.30. The van der Waals surface area contributed by atoms with Crippen molar-refractivity contribution in [1.82, 2.24) is 0 Å². The van der Waals surface area contributed by atoms with Gasteiger partial charge in [0, 0.05) is 7.11 Å². The molecule has 9 heteroatoms. The Morgan fingerprint density at radius 2 is 1.32 bits per heavy atom. The first-order chi connectivity index (χ1) is 11.5. The third-order valence-electron chi connectivity index (χ3n) is 2.81. The standard InChI is InChI=1S/C9H20O5.C7H8O3S/c1-6(10)12-8(3)14-9(4)13-7(2)11-5;1-6-2-4-7(5-3-6)11(8,9)10/h6-10H,1-5H3;2-5H,1H3,(H,8,9,10). The zero-order chi connectivity index (χ0) is 19.6. The number of rotatable bonds is 8. The van der Waals surface area contributed by atoms with Crippen molar-refractivity contribution in [3.8, 4) is 0 Å². The Morgan fingerprint density at radius 1 is 0.880 bits per heavy atom. The van der Waals surface area contributed by atoms with Crippen molar-refractivity contribution in [3.63, 3.8) is 0 Å². The number of ether oxygens (including phenoxy) is 4. The Hall–Kier alpha value is -1.07. The van der Waals surface area contributed by atoms with E-state index in [0.717, 1.165) is 5.56 Å². The second-order valence-electron chi connectivity index (χ2n) is 5.23. The fourth-order valence-corrected chi connectivity index (χ4v) is 2.13. The molecule has 0 aliphatic heterocycles. The minimum absolute atomic E-state index is 0.0666. The highest BCUT2D eigenvalue weighted by Crippen LogP contribution is 2.08. The molecule has 0 heterocycles. The monoisotopic (exact) mass is 380 g/mol. The molecule has 8 nitrogen and oxygen atoms in total. The molecule has 0 spiro atoms. The molecule has 0 amide bonds. The smallest absolute Gasteiger partial charge is 0.294 e. The van der Waals surface area contributed by atoms with E-state index >= 15 is 0 Å². The Kier molecular flexibility index (Phi) is 11.0. The van der Waals surface area contributed by atoms with Crippen molar-refractivity contribution in [2.45, 2.75) is 64.7 Å². The van der Waals surface area contributed by atoms with Gasteiger partial charge in [-0.05, 0) is 46.8 Å². The number of aliphatic hydroxyl groups is 1. The summed E-state index contributed by atoms with van der Waals surface area (Å²) in [5.41, 5.74) is 0.956. The third kappa shape index (κ3) is 12.0. The van der Waals surface area contributed by atoms with E-state index in [9.17, 15) is 8.42 Å². The number of aliphatic hydroxyl groups excluding tert-OH is 1. The SMILES string of the molecule is COC(C)OC(C)OC(C)OC(C)O.Cc1ccc(S(=O)(=O)O)cc1. The molecule has 4 atom stereocenters. The minimum atomic E-state index is -4.02. The van der Waals surface area contributed by atoms with Gasteiger partial charge in [-0.25, -0.2) is 0 Å². The summed E-state index contributed by atoms with van der Waals surface area (Å²) in [6.07, 6.45) is -2.14. The fourth-order valence-electron chi connectivity index (χ4n) is 1.65. The normalized spacial score (nSPS) is 16.3. The highest BCUT2D eigenvalue weighted by atomic mass is 32.2.